The summed E-state index contributed by atoms with van der Waals surface area (Å²) < 4.78 is 0. The molecule has 3 heteroatoms. The van der Waals surface area contributed by atoms with E-state index in [2.05, 4.69) is 17.6 Å². The molecule has 0 aromatic carbocycles. The van der Waals surface area contributed by atoms with Crippen molar-refractivity contribution in [2.45, 2.75) is 51.1 Å². The SMILES string of the molecule is CC1CCCNC1C(=O)NC1CCC1. The van der Waals surface area contributed by atoms with Crippen LogP contribution in [0.2, 0.25) is 0 Å². The van der Waals surface area contributed by atoms with Gasteiger partial charge in [0.1, 0.15) is 0 Å². The molecule has 2 N–H and O–H groups in total. The zero-order valence-electron chi connectivity index (χ0n) is 8.88. The molecule has 2 aliphatic rings. The number of amides is 1. The largest absolute Gasteiger partial charge is 0.352 e. The van der Waals surface area contributed by atoms with E-state index < -0.39 is 0 Å². The van der Waals surface area contributed by atoms with Crippen molar-refractivity contribution >= 4 is 5.91 Å². The Labute approximate surface area is 85.6 Å². The lowest BCUT2D eigenvalue weighted by Crippen LogP contribution is -2.54. The average Bonchev–Trinajstić information content (AvgIpc) is 2.12. The molecular weight excluding hydrogens is 176 g/mol. The van der Waals surface area contributed by atoms with Crippen molar-refractivity contribution in [3.63, 3.8) is 0 Å². The van der Waals surface area contributed by atoms with Crippen LogP contribution in [-0.4, -0.2) is 24.5 Å². The van der Waals surface area contributed by atoms with E-state index in [9.17, 15) is 4.79 Å². The molecule has 80 valence electrons. The summed E-state index contributed by atoms with van der Waals surface area (Å²) in [6.07, 6.45) is 6.00. The lowest BCUT2D eigenvalue weighted by Gasteiger charge is -2.33. The molecule has 0 aromatic rings. The van der Waals surface area contributed by atoms with Crippen LogP contribution in [0.4, 0.5) is 0 Å². The third-order valence-electron chi connectivity index (χ3n) is 3.50. The molecule has 0 radical (unpaired) electrons. The minimum Gasteiger partial charge on any atom is -0.352 e. The van der Waals surface area contributed by atoms with Crippen LogP contribution in [0.5, 0.6) is 0 Å². The number of carbonyl (C=O) groups excluding carboxylic acids is 1. The quantitative estimate of drug-likeness (QED) is 0.693. The van der Waals surface area contributed by atoms with Crippen molar-refractivity contribution in [1.82, 2.24) is 10.6 Å². The molecule has 1 saturated heterocycles. The van der Waals surface area contributed by atoms with Crippen LogP contribution in [-0.2, 0) is 4.79 Å². The monoisotopic (exact) mass is 196 g/mol. The Morgan fingerprint density at radius 2 is 2.07 bits per heavy atom. The third-order valence-corrected chi connectivity index (χ3v) is 3.50. The van der Waals surface area contributed by atoms with Gasteiger partial charge in [-0.15, -0.1) is 0 Å². The standard InChI is InChI=1S/C11H20N2O/c1-8-4-3-7-12-10(8)11(14)13-9-5-2-6-9/h8-10,12H,2-7H2,1H3,(H,13,14). The Bertz CT molecular complexity index is 213. The van der Waals surface area contributed by atoms with E-state index in [0.717, 1.165) is 6.54 Å². The van der Waals surface area contributed by atoms with Gasteiger partial charge in [0.15, 0.2) is 0 Å². The zero-order chi connectivity index (χ0) is 9.97. The summed E-state index contributed by atoms with van der Waals surface area (Å²) in [6, 6.07) is 0.530. The molecule has 2 fully saturated rings. The Balaban J connectivity index is 1.82. The van der Waals surface area contributed by atoms with E-state index in [4.69, 9.17) is 0 Å². The van der Waals surface area contributed by atoms with Crippen LogP contribution in [0, 0.1) is 5.92 Å². The minimum atomic E-state index is 0.0596. The maximum Gasteiger partial charge on any atom is 0.237 e. The van der Waals surface area contributed by atoms with Gasteiger partial charge < -0.3 is 10.6 Å². The van der Waals surface area contributed by atoms with Crippen molar-refractivity contribution in [2.75, 3.05) is 6.54 Å². The maximum atomic E-state index is 11.8. The molecule has 2 unspecified atom stereocenters. The van der Waals surface area contributed by atoms with Gasteiger partial charge in [0.05, 0.1) is 6.04 Å². The summed E-state index contributed by atoms with van der Waals surface area (Å²) in [4.78, 5) is 11.8. The Morgan fingerprint density at radius 1 is 1.29 bits per heavy atom. The molecule has 3 nitrogen and oxygen atoms in total. The van der Waals surface area contributed by atoms with E-state index in [1.807, 2.05) is 0 Å². The van der Waals surface area contributed by atoms with Gasteiger partial charge in [-0.1, -0.05) is 6.92 Å². The van der Waals surface area contributed by atoms with Crippen molar-refractivity contribution in [2.24, 2.45) is 5.92 Å². The summed E-state index contributed by atoms with van der Waals surface area (Å²) in [5.41, 5.74) is 0. The minimum absolute atomic E-state index is 0.0596. The first-order chi connectivity index (χ1) is 6.77. The second kappa shape index (κ2) is 4.30. The van der Waals surface area contributed by atoms with Gasteiger partial charge in [-0.25, -0.2) is 0 Å². The molecule has 0 bridgehead atoms. The molecule has 1 aliphatic heterocycles. The fourth-order valence-electron chi connectivity index (χ4n) is 2.24. The highest BCUT2D eigenvalue weighted by Gasteiger charge is 2.29. The van der Waals surface area contributed by atoms with Gasteiger partial charge in [0.2, 0.25) is 5.91 Å². The number of rotatable bonds is 2. The number of hydrogen-bond donors (Lipinski definition) is 2. The van der Waals surface area contributed by atoms with E-state index >= 15 is 0 Å². The molecule has 2 atom stereocenters. The Hall–Kier alpha value is -0.570. The highest BCUT2D eigenvalue weighted by Crippen LogP contribution is 2.20. The van der Waals surface area contributed by atoms with Crippen LogP contribution in [0.25, 0.3) is 0 Å². The summed E-state index contributed by atoms with van der Waals surface area (Å²) >= 11 is 0. The van der Waals surface area contributed by atoms with Gasteiger partial charge in [0, 0.05) is 6.04 Å². The van der Waals surface area contributed by atoms with Crippen LogP contribution in [0.3, 0.4) is 0 Å². The van der Waals surface area contributed by atoms with Crippen LogP contribution in [0.15, 0.2) is 0 Å². The highest BCUT2D eigenvalue weighted by atomic mass is 16.2. The number of nitrogens with one attached hydrogen (secondary N) is 2. The summed E-state index contributed by atoms with van der Waals surface area (Å²) in [6.45, 7) is 3.16. The molecule has 0 spiro atoms. The maximum absolute atomic E-state index is 11.8. The van der Waals surface area contributed by atoms with Crippen molar-refractivity contribution < 1.29 is 4.79 Å². The second-order valence-electron chi connectivity index (χ2n) is 4.69. The first kappa shape index (κ1) is 9.97. The molecule has 1 heterocycles. The molecule has 1 saturated carbocycles. The van der Waals surface area contributed by atoms with Crippen molar-refractivity contribution in [3.05, 3.63) is 0 Å². The van der Waals surface area contributed by atoms with Gasteiger partial charge in [-0.3, -0.25) is 4.79 Å². The van der Waals surface area contributed by atoms with E-state index in [1.54, 1.807) is 0 Å². The molecule has 0 aromatic heterocycles. The number of carbonyl (C=O) groups is 1. The predicted molar refractivity (Wildman–Crippen MR) is 56.0 cm³/mol. The molecule has 2 rings (SSSR count). The average molecular weight is 196 g/mol. The number of hydrogen-bond acceptors (Lipinski definition) is 2. The van der Waals surface area contributed by atoms with Crippen molar-refractivity contribution in [3.8, 4) is 0 Å². The van der Waals surface area contributed by atoms with Crippen molar-refractivity contribution in [1.29, 1.82) is 0 Å². The fourth-order valence-corrected chi connectivity index (χ4v) is 2.24. The zero-order valence-corrected chi connectivity index (χ0v) is 8.88. The second-order valence-corrected chi connectivity index (χ2v) is 4.69. The Morgan fingerprint density at radius 3 is 2.64 bits per heavy atom. The first-order valence-corrected chi connectivity index (χ1v) is 5.81. The first-order valence-electron chi connectivity index (χ1n) is 5.81. The molecule has 14 heavy (non-hydrogen) atoms. The van der Waals surface area contributed by atoms with Crippen LogP contribution >= 0.6 is 0 Å². The predicted octanol–water partition coefficient (Wildman–Crippen LogP) is 1.04. The lowest BCUT2D eigenvalue weighted by atomic mass is 9.89. The normalized spacial score (nSPS) is 33.5. The summed E-state index contributed by atoms with van der Waals surface area (Å²) in [5, 5.41) is 6.43. The van der Waals surface area contributed by atoms with E-state index in [1.165, 1.54) is 32.1 Å². The number of piperidine rings is 1. The van der Waals surface area contributed by atoms with Gasteiger partial charge in [-0.05, 0) is 44.6 Å². The van der Waals surface area contributed by atoms with Gasteiger partial charge in [0.25, 0.3) is 0 Å². The van der Waals surface area contributed by atoms with Crippen LogP contribution < -0.4 is 10.6 Å². The van der Waals surface area contributed by atoms with E-state index in [0.29, 0.717) is 12.0 Å². The molecule has 1 amide bonds. The van der Waals surface area contributed by atoms with Gasteiger partial charge >= 0.3 is 0 Å². The lowest BCUT2D eigenvalue weighted by molar-refractivity contribution is -0.126. The van der Waals surface area contributed by atoms with Crippen LogP contribution in [0.1, 0.15) is 39.0 Å². The summed E-state index contributed by atoms with van der Waals surface area (Å²) in [5.74, 6) is 0.714. The fraction of sp³-hybridized carbons (Fsp3) is 0.909. The smallest absolute Gasteiger partial charge is 0.237 e. The third kappa shape index (κ3) is 2.08. The molecular formula is C11H20N2O. The molecule has 1 aliphatic carbocycles. The highest BCUT2D eigenvalue weighted by molar-refractivity contribution is 5.82. The van der Waals surface area contributed by atoms with Gasteiger partial charge in [-0.2, -0.15) is 0 Å². The van der Waals surface area contributed by atoms with E-state index in [-0.39, 0.29) is 11.9 Å². The topological polar surface area (TPSA) is 41.1 Å². The summed E-state index contributed by atoms with van der Waals surface area (Å²) in [7, 11) is 0. The Kier molecular flexibility index (Phi) is 3.06.